The van der Waals surface area contributed by atoms with Crippen molar-refractivity contribution in [1.82, 2.24) is 9.62 Å². The Kier molecular flexibility index (Phi) is 5.28. The Morgan fingerprint density at radius 3 is 2.28 bits per heavy atom. The first-order valence-corrected chi connectivity index (χ1v) is 7.29. The molecule has 0 saturated carbocycles. The Morgan fingerprint density at radius 1 is 1.28 bits per heavy atom. The van der Waals surface area contributed by atoms with Crippen molar-refractivity contribution in [2.45, 2.75) is 24.4 Å². The lowest BCUT2D eigenvalue weighted by atomic mass is 10.2. The zero-order valence-electron chi connectivity index (χ0n) is 11.1. The van der Waals surface area contributed by atoms with Crippen molar-refractivity contribution in [3.8, 4) is 0 Å². The number of benzene rings is 1. The maximum atomic E-state index is 12.1. The molecule has 6 heteroatoms. The topological polar surface area (TPSA) is 75.4 Å². The molecule has 0 amide bonds. The molecule has 0 fully saturated rings. The molecule has 102 valence electrons. The van der Waals surface area contributed by atoms with Crippen LogP contribution in [0.2, 0.25) is 0 Å². The van der Waals surface area contributed by atoms with E-state index in [9.17, 15) is 8.42 Å². The third kappa shape index (κ3) is 4.38. The van der Waals surface area contributed by atoms with Crippen LogP contribution in [0.3, 0.4) is 0 Å². The third-order valence-corrected chi connectivity index (χ3v) is 4.07. The van der Waals surface area contributed by atoms with Gasteiger partial charge < -0.3 is 10.6 Å². The van der Waals surface area contributed by atoms with Gasteiger partial charge in [0.2, 0.25) is 10.0 Å². The summed E-state index contributed by atoms with van der Waals surface area (Å²) in [5.41, 5.74) is 6.39. The van der Waals surface area contributed by atoms with Crippen molar-refractivity contribution in [2.24, 2.45) is 5.73 Å². The molecule has 1 atom stereocenters. The van der Waals surface area contributed by atoms with E-state index in [1.54, 1.807) is 24.3 Å². The van der Waals surface area contributed by atoms with Crippen LogP contribution >= 0.6 is 0 Å². The van der Waals surface area contributed by atoms with Crippen molar-refractivity contribution < 1.29 is 8.42 Å². The van der Waals surface area contributed by atoms with Crippen molar-refractivity contribution in [3.63, 3.8) is 0 Å². The molecular formula is C12H21N3O2S. The van der Waals surface area contributed by atoms with Crippen LogP contribution < -0.4 is 10.5 Å². The number of sulfonamides is 1. The molecule has 1 unspecified atom stereocenters. The SMILES string of the molecule is CC(CN(C)C)NS(=O)(=O)c1ccc(CN)cc1. The predicted molar refractivity (Wildman–Crippen MR) is 72.7 cm³/mol. The van der Waals surface area contributed by atoms with Crippen LogP contribution in [0.4, 0.5) is 0 Å². The highest BCUT2D eigenvalue weighted by Crippen LogP contribution is 2.10. The first-order valence-electron chi connectivity index (χ1n) is 5.81. The van der Waals surface area contributed by atoms with E-state index in [2.05, 4.69) is 4.72 Å². The molecule has 1 rings (SSSR count). The fraction of sp³-hybridized carbons (Fsp3) is 0.500. The average Bonchev–Trinajstić information content (AvgIpc) is 2.27. The quantitative estimate of drug-likeness (QED) is 0.784. The molecule has 0 aliphatic rings. The number of nitrogens with two attached hydrogens (primary N) is 1. The van der Waals surface area contributed by atoms with Gasteiger partial charge in [0, 0.05) is 19.1 Å². The van der Waals surface area contributed by atoms with Crippen LogP contribution in [0.1, 0.15) is 12.5 Å². The number of rotatable bonds is 6. The largest absolute Gasteiger partial charge is 0.326 e. The summed E-state index contributed by atoms with van der Waals surface area (Å²) in [6, 6.07) is 6.47. The molecular weight excluding hydrogens is 250 g/mol. The van der Waals surface area contributed by atoms with Gasteiger partial charge in [-0.1, -0.05) is 12.1 Å². The highest BCUT2D eigenvalue weighted by Gasteiger charge is 2.17. The summed E-state index contributed by atoms with van der Waals surface area (Å²) >= 11 is 0. The summed E-state index contributed by atoms with van der Waals surface area (Å²) < 4.78 is 26.8. The van der Waals surface area contributed by atoms with Crippen molar-refractivity contribution in [1.29, 1.82) is 0 Å². The number of likely N-dealkylation sites (N-methyl/N-ethyl adjacent to an activating group) is 1. The summed E-state index contributed by atoms with van der Waals surface area (Å²) in [6.45, 7) is 2.90. The van der Waals surface area contributed by atoms with E-state index in [1.807, 2.05) is 25.9 Å². The molecule has 3 N–H and O–H groups in total. The first-order chi connectivity index (χ1) is 8.35. The fourth-order valence-corrected chi connectivity index (χ4v) is 2.96. The molecule has 0 aliphatic heterocycles. The molecule has 0 aromatic heterocycles. The highest BCUT2D eigenvalue weighted by molar-refractivity contribution is 7.89. The van der Waals surface area contributed by atoms with Crippen LogP contribution in [0.15, 0.2) is 29.2 Å². The van der Waals surface area contributed by atoms with Crippen LogP contribution in [-0.2, 0) is 16.6 Å². The lowest BCUT2D eigenvalue weighted by Gasteiger charge is -2.18. The molecule has 0 saturated heterocycles. The molecule has 5 nitrogen and oxygen atoms in total. The summed E-state index contributed by atoms with van der Waals surface area (Å²) in [5.74, 6) is 0. The zero-order chi connectivity index (χ0) is 13.8. The van der Waals surface area contributed by atoms with Crippen LogP contribution in [-0.4, -0.2) is 40.0 Å². The van der Waals surface area contributed by atoms with Gasteiger partial charge in [-0.3, -0.25) is 0 Å². The van der Waals surface area contributed by atoms with Gasteiger partial charge in [-0.05, 0) is 38.7 Å². The third-order valence-electron chi connectivity index (χ3n) is 2.46. The summed E-state index contributed by atoms with van der Waals surface area (Å²) in [7, 11) is 0.360. The van der Waals surface area contributed by atoms with Gasteiger partial charge in [0.15, 0.2) is 0 Å². The van der Waals surface area contributed by atoms with Gasteiger partial charge in [0.25, 0.3) is 0 Å². The summed E-state index contributed by atoms with van der Waals surface area (Å²) in [6.07, 6.45) is 0. The number of hydrogen-bond acceptors (Lipinski definition) is 4. The molecule has 0 spiro atoms. The molecule has 0 heterocycles. The second-order valence-electron chi connectivity index (χ2n) is 4.63. The molecule has 0 bridgehead atoms. The second-order valence-corrected chi connectivity index (χ2v) is 6.35. The summed E-state index contributed by atoms with van der Waals surface area (Å²) in [4.78, 5) is 2.20. The van der Waals surface area contributed by atoms with Gasteiger partial charge in [0.1, 0.15) is 0 Å². The van der Waals surface area contributed by atoms with E-state index in [4.69, 9.17) is 5.73 Å². The van der Waals surface area contributed by atoms with E-state index in [0.29, 0.717) is 13.1 Å². The Balaban J connectivity index is 2.79. The molecule has 1 aromatic rings. The lowest BCUT2D eigenvalue weighted by molar-refractivity contribution is 0.370. The lowest BCUT2D eigenvalue weighted by Crippen LogP contribution is -2.39. The van der Waals surface area contributed by atoms with Crippen LogP contribution in [0.5, 0.6) is 0 Å². The Morgan fingerprint density at radius 2 is 1.83 bits per heavy atom. The zero-order valence-corrected chi connectivity index (χ0v) is 11.9. The Labute approximate surface area is 109 Å². The van der Waals surface area contributed by atoms with Crippen molar-refractivity contribution in [3.05, 3.63) is 29.8 Å². The standard InChI is InChI=1S/C12H21N3O2S/c1-10(9-15(2)3)14-18(16,17)12-6-4-11(8-13)5-7-12/h4-7,10,14H,8-9,13H2,1-3H3. The molecule has 1 aromatic carbocycles. The molecule has 0 aliphatic carbocycles. The maximum Gasteiger partial charge on any atom is 0.240 e. The Bertz CT molecular complexity index is 469. The normalized spacial score (nSPS) is 13.8. The minimum Gasteiger partial charge on any atom is -0.326 e. The van der Waals surface area contributed by atoms with E-state index in [1.165, 1.54) is 0 Å². The van der Waals surface area contributed by atoms with Gasteiger partial charge in [-0.25, -0.2) is 13.1 Å². The van der Waals surface area contributed by atoms with E-state index >= 15 is 0 Å². The second kappa shape index (κ2) is 6.29. The minimum atomic E-state index is -3.45. The smallest absolute Gasteiger partial charge is 0.240 e. The summed E-state index contributed by atoms with van der Waals surface area (Å²) in [5, 5.41) is 0. The number of hydrogen-bond donors (Lipinski definition) is 2. The van der Waals surface area contributed by atoms with Crippen LogP contribution in [0.25, 0.3) is 0 Å². The van der Waals surface area contributed by atoms with Gasteiger partial charge in [-0.2, -0.15) is 0 Å². The highest BCUT2D eigenvalue weighted by atomic mass is 32.2. The van der Waals surface area contributed by atoms with E-state index in [-0.39, 0.29) is 10.9 Å². The number of nitrogens with one attached hydrogen (secondary N) is 1. The monoisotopic (exact) mass is 271 g/mol. The van der Waals surface area contributed by atoms with Crippen molar-refractivity contribution >= 4 is 10.0 Å². The van der Waals surface area contributed by atoms with Gasteiger partial charge >= 0.3 is 0 Å². The van der Waals surface area contributed by atoms with E-state index < -0.39 is 10.0 Å². The number of nitrogens with zero attached hydrogens (tertiary/aromatic N) is 1. The predicted octanol–water partition coefficient (Wildman–Crippen LogP) is 0.374. The molecule has 18 heavy (non-hydrogen) atoms. The van der Waals surface area contributed by atoms with Gasteiger partial charge in [0.05, 0.1) is 4.90 Å². The average molecular weight is 271 g/mol. The minimum absolute atomic E-state index is 0.140. The first kappa shape index (κ1) is 15.1. The van der Waals surface area contributed by atoms with Crippen LogP contribution in [0, 0.1) is 0 Å². The molecule has 0 radical (unpaired) electrons. The van der Waals surface area contributed by atoms with Gasteiger partial charge in [-0.15, -0.1) is 0 Å². The van der Waals surface area contributed by atoms with Crippen molar-refractivity contribution in [2.75, 3.05) is 20.6 Å². The fourth-order valence-electron chi connectivity index (χ4n) is 1.72. The Hall–Kier alpha value is -0.950. The maximum absolute atomic E-state index is 12.1. The van der Waals surface area contributed by atoms with E-state index in [0.717, 1.165) is 5.56 Å².